The number of methoxy groups -OCH3 is 1. The molecule has 0 bridgehead atoms. The second-order valence-electron chi connectivity index (χ2n) is 5.29. The van der Waals surface area contributed by atoms with Crippen LogP contribution in [0.4, 0.5) is 17.2 Å². The molecule has 1 aromatic carbocycles. The molecule has 3 rings (SSSR count). The Hall–Kier alpha value is -2.57. The van der Waals surface area contributed by atoms with Crippen molar-refractivity contribution in [2.75, 3.05) is 17.7 Å². The van der Waals surface area contributed by atoms with Gasteiger partial charge >= 0.3 is 0 Å². The molecule has 5 nitrogen and oxygen atoms in total. The van der Waals surface area contributed by atoms with Crippen molar-refractivity contribution in [2.45, 2.75) is 6.92 Å². The standard InChI is InChI=1S/C18H16ClN3O2S/c1-11-8-14(15(24-2)9-13(11)19)21-12-5-6-17(20-10-12)22-18(23)16-4-3-7-25-16/h3-10,21H,1-2H3,(H,20,22,23). The molecule has 2 N–H and O–H groups in total. The Kier molecular flexibility index (Phi) is 5.21. The first-order valence-electron chi connectivity index (χ1n) is 7.49. The Bertz CT molecular complexity index is 880. The summed E-state index contributed by atoms with van der Waals surface area (Å²) in [5, 5.41) is 8.51. The number of carbonyl (C=O) groups excluding carboxylic acids is 1. The van der Waals surface area contributed by atoms with Gasteiger partial charge in [-0.15, -0.1) is 11.3 Å². The Balaban J connectivity index is 1.73. The number of aromatic nitrogens is 1. The molecule has 0 aliphatic heterocycles. The van der Waals surface area contributed by atoms with Crippen molar-refractivity contribution in [2.24, 2.45) is 0 Å². The largest absolute Gasteiger partial charge is 0.495 e. The lowest BCUT2D eigenvalue weighted by Crippen LogP contribution is -2.11. The quantitative estimate of drug-likeness (QED) is 0.652. The van der Waals surface area contributed by atoms with E-state index in [9.17, 15) is 4.79 Å². The zero-order chi connectivity index (χ0) is 17.8. The molecule has 7 heteroatoms. The topological polar surface area (TPSA) is 63.2 Å². The molecule has 2 aromatic heterocycles. The van der Waals surface area contributed by atoms with Gasteiger partial charge in [0.25, 0.3) is 5.91 Å². The van der Waals surface area contributed by atoms with E-state index in [0.717, 1.165) is 16.9 Å². The molecule has 1 amide bonds. The maximum Gasteiger partial charge on any atom is 0.266 e. The fraction of sp³-hybridized carbons (Fsp3) is 0.111. The fourth-order valence-electron chi connectivity index (χ4n) is 2.21. The van der Waals surface area contributed by atoms with Gasteiger partial charge in [-0.1, -0.05) is 17.7 Å². The molecule has 0 aliphatic carbocycles. The number of thiophene rings is 1. The molecular weight excluding hydrogens is 358 g/mol. The summed E-state index contributed by atoms with van der Waals surface area (Å²) in [6.07, 6.45) is 1.65. The molecule has 25 heavy (non-hydrogen) atoms. The van der Waals surface area contributed by atoms with Gasteiger partial charge in [0.15, 0.2) is 0 Å². The highest BCUT2D eigenvalue weighted by atomic mass is 35.5. The zero-order valence-corrected chi connectivity index (χ0v) is 15.2. The average molecular weight is 374 g/mol. The van der Waals surface area contributed by atoms with E-state index < -0.39 is 0 Å². The van der Waals surface area contributed by atoms with Crippen LogP contribution in [0.3, 0.4) is 0 Å². The van der Waals surface area contributed by atoms with Gasteiger partial charge in [0.05, 0.1) is 29.6 Å². The van der Waals surface area contributed by atoms with E-state index in [0.29, 0.717) is 21.5 Å². The summed E-state index contributed by atoms with van der Waals surface area (Å²) in [4.78, 5) is 16.9. The molecule has 0 aliphatic rings. The maximum absolute atomic E-state index is 12.0. The predicted octanol–water partition coefficient (Wildman–Crippen LogP) is 5.11. The SMILES string of the molecule is COc1cc(Cl)c(C)cc1Nc1ccc(NC(=O)c2cccs2)nc1. The number of nitrogens with zero attached hydrogens (tertiary/aromatic N) is 1. The summed E-state index contributed by atoms with van der Waals surface area (Å²) >= 11 is 7.50. The number of pyridine rings is 1. The van der Waals surface area contributed by atoms with Gasteiger partial charge < -0.3 is 15.4 Å². The first kappa shape index (κ1) is 17.3. The summed E-state index contributed by atoms with van der Waals surface area (Å²) in [5.74, 6) is 0.965. The summed E-state index contributed by atoms with van der Waals surface area (Å²) in [6, 6.07) is 10.9. The first-order chi connectivity index (χ1) is 12.1. The van der Waals surface area contributed by atoms with Crippen LogP contribution in [0.2, 0.25) is 5.02 Å². The van der Waals surface area contributed by atoms with Gasteiger partial charge in [-0.2, -0.15) is 0 Å². The van der Waals surface area contributed by atoms with Crippen LogP contribution in [0.25, 0.3) is 0 Å². The normalized spacial score (nSPS) is 10.4. The van der Waals surface area contributed by atoms with Crippen molar-refractivity contribution in [3.05, 3.63) is 63.4 Å². The van der Waals surface area contributed by atoms with Gasteiger partial charge in [0.1, 0.15) is 11.6 Å². The van der Waals surface area contributed by atoms with Crippen LogP contribution in [-0.2, 0) is 0 Å². The van der Waals surface area contributed by atoms with Crippen molar-refractivity contribution < 1.29 is 9.53 Å². The van der Waals surface area contributed by atoms with E-state index in [2.05, 4.69) is 15.6 Å². The van der Waals surface area contributed by atoms with Crippen molar-refractivity contribution in [3.63, 3.8) is 0 Å². The summed E-state index contributed by atoms with van der Waals surface area (Å²) in [7, 11) is 1.59. The van der Waals surface area contributed by atoms with Gasteiger partial charge in [-0.3, -0.25) is 4.79 Å². The van der Waals surface area contributed by atoms with E-state index in [1.807, 2.05) is 30.5 Å². The molecule has 3 aromatic rings. The number of rotatable bonds is 5. The molecule has 0 radical (unpaired) electrons. The van der Waals surface area contributed by atoms with E-state index in [-0.39, 0.29) is 5.91 Å². The fourth-order valence-corrected chi connectivity index (χ4v) is 2.99. The highest BCUT2D eigenvalue weighted by molar-refractivity contribution is 7.12. The summed E-state index contributed by atoms with van der Waals surface area (Å²) in [5.41, 5.74) is 2.51. The van der Waals surface area contributed by atoms with E-state index in [1.54, 1.807) is 31.5 Å². The number of hydrogen-bond acceptors (Lipinski definition) is 5. The highest BCUT2D eigenvalue weighted by Crippen LogP contribution is 2.33. The van der Waals surface area contributed by atoms with Gasteiger partial charge in [0.2, 0.25) is 0 Å². The molecule has 0 saturated carbocycles. The van der Waals surface area contributed by atoms with E-state index in [4.69, 9.17) is 16.3 Å². The number of hydrogen-bond donors (Lipinski definition) is 2. The number of amides is 1. The van der Waals surface area contributed by atoms with Crippen LogP contribution in [0, 0.1) is 6.92 Å². The number of benzene rings is 1. The zero-order valence-electron chi connectivity index (χ0n) is 13.7. The Morgan fingerprint density at radius 2 is 2.12 bits per heavy atom. The van der Waals surface area contributed by atoms with Crippen molar-refractivity contribution in [1.29, 1.82) is 0 Å². The minimum atomic E-state index is -0.168. The average Bonchev–Trinajstić information content (AvgIpc) is 3.14. The van der Waals surface area contributed by atoms with Crippen molar-refractivity contribution in [1.82, 2.24) is 4.98 Å². The van der Waals surface area contributed by atoms with Crippen LogP contribution in [0.5, 0.6) is 5.75 Å². The van der Waals surface area contributed by atoms with Crippen molar-refractivity contribution in [3.8, 4) is 5.75 Å². The van der Waals surface area contributed by atoms with E-state index >= 15 is 0 Å². The molecule has 0 unspecified atom stereocenters. The van der Waals surface area contributed by atoms with Crippen LogP contribution < -0.4 is 15.4 Å². The number of aryl methyl sites for hydroxylation is 1. The van der Waals surface area contributed by atoms with Crippen molar-refractivity contribution >= 4 is 46.0 Å². The Labute approximate surface area is 154 Å². The van der Waals surface area contributed by atoms with Gasteiger partial charge in [0, 0.05) is 11.1 Å². The number of carbonyl (C=O) groups is 1. The molecule has 0 saturated heterocycles. The van der Waals surface area contributed by atoms with Gasteiger partial charge in [-0.05, 0) is 42.1 Å². The second-order valence-corrected chi connectivity index (χ2v) is 6.65. The lowest BCUT2D eigenvalue weighted by Gasteiger charge is -2.13. The van der Waals surface area contributed by atoms with Crippen LogP contribution in [0.15, 0.2) is 48.0 Å². The summed E-state index contributed by atoms with van der Waals surface area (Å²) < 4.78 is 5.35. The van der Waals surface area contributed by atoms with Crippen LogP contribution in [0.1, 0.15) is 15.2 Å². The molecule has 128 valence electrons. The summed E-state index contributed by atoms with van der Waals surface area (Å²) in [6.45, 7) is 1.93. The first-order valence-corrected chi connectivity index (χ1v) is 8.74. The lowest BCUT2D eigenvalue weighted by atomic mass is 10.2. The lowest BCUT2D eigenvalue weighted by molar-refractivity contribution is 0.103. The van der Waals surface area contributed by atoms with E-state index in [1.165, 1.54) is 11.3 Å². The highest BCUT2D eigenvalue weighted by Gasteiger charge is 2.09. The minimum Gasteiger partial charge on any atom is -0.495 e. The second kappa shape index (κ2) is 7.55. The van der Waals surface area contributed by atoms with Crippen LogP contribution >= 0.6 is 22.9 Å². The number of halogens is 1. The third-order valence-corrected chi connectivity index (χ3v) is 4.79. The molecule has 0 atom stereocenters. The Morgan fingerprint density at radius 1 is 1.28 bits per heavy atom. The third-order valence-electron chi connectivity index (χ3n) is 3.51. The van der Waals surface area contributed by atoms with Crippen LogP contribution in [-0.4, -0.2) is 18.0 Å². The molecule has 0 spiro atoms. The number of ether oxygens (including phenoxy) is 1. The molecular formula is C18H16ClN3O2S. The Morgan fingerprint density at radius 3 is 2.76 bits per heavy atom. The predicted molar refractivity (Wildman–Crippen MR) is 103 cm³/mol. The maximum atomic E-state index is 12.0. The monoisotopic (exact) mass is 373 g/mol. The third kappa shape index (κ3) is 4.10. The van der Waals surface area contributed by atoms with Gasteiger partial charge in [-0.25, -0.2) is 4.98 Å². The number of anilines is 3. The number of nitrogens with one attached hydrogen (secondary N) is 2. The minimum absolute atomic E-state index is 0.168. The smallest absolute Gasteiger partial charge is 0.266 e. The molecule has 2 heterocycles. The molecule has 0 fully saturated rings.